The lowest BCUT2D eigenvalue weighted by Gasteiger charge is -2.26. The second-order valence-corrected chi connectivity index (χ2v) is 5.01. The summed E-state index contributed by atoms with van der Waals surface area (Å²) >= 11 is 0. The van der Waals surface area contributed by atoms with Crippen molar-refractivity contribution in [2.75, 3.05) is 32.1 Å². The topological polar surface area (TPSA) is 58.7 Å². The predicted molar refractivity (Wildman–Crippen MR) is 79.8 cm³/mol. The van der Waals surface area contributed by atoms with Crippen LogP contribution >= 0.6 is 0 Å². The first-order valence-corrected chi connectivity index (χ1v) is 6.82. The molecule has 19 heavy (non-hydrogen) atoms. The zero-order valence-electron chi connectivity index (χ0n) is 12.2. The van der Waals surface area contributed by atoms with Gasteiger partial charge in [-0.25, -0.2) is 0 Å². The molecular formula is C15H26N2O2. The first-order valence-electron chi connectivity index (χ1n) is 6.82. The lowest BCUT2D eigenvalue weighted by molar-refractivity contribution is 0.0350. The van der Waals surface area contributed by atoms with E-state index in [1.54, 1.807) is 7.11 Å². The van der Waals surface area contributed by atoms with E-state index in [1.807, 2.05) is 31.2 Å². The molecule has 0 saturated carbocycles. The number of methoxy groups -OCH3 is 1. The van der Waals surface area contributed by atoms with Crippen LogP contribution in [-0.2, 0) is 0 Å². The molecule has 1 aromatic carbocycles. The van der Waals surface area contributed by atoms with Crippen molar-refractivity contribution in [2.24, 2.45) is 5.73 Å². The van der Waals surface area contributed by atoms with Crippen LogP contribution in [0.1, 0.15) is 26.2 Å². The van der Waals surface area contributed by atoms with Gasteiger partial charge < -0.3 is 20.5 Å². The van der Waals surface area contributed by atoms with Crippen molar-refractivity contribution in [2.45, 2.75) is 31.8 Å². The van der Waals surface area contributed by atoms with Gasteiger partial charge in [0.05, 0.1) is 12.7 Å². The summed E-state index contributed by atoms with van der Waals surface area (Å²) < 4.78 is 5.14. The van der Waals surface area contributed by atoms with Crippen LogP contribution in [-0.4, -0.2) is 38.0 Å². The number of nitrogens with zero attached hydrogens (tertiary/aromatic N) is 1. The molecule has 0 aliphatic heterocycles. The Bertz CT molecular complexity index is 361. The molecule has 0 aliphatic carbocycles. The summed E-state index contributed by atoms with van der Waals surface area (Å²) in [7, 11) is 3.71. The summed E-state index contributed by atoms with van der Waals surface area (Å²) in [6.07, 6.45) is 2.36. The molecule has 1 rings (SSSR count). The third-order valence-electron chi connectivity index (χ3n) is 3.69. The molecule has 0 saturated heterocycles. The molecule has 0 bridgehead atoms. The number of hydrogen-bond donors (Lipinski definition) is 2. The Kier molecular flexibility index (Phi) is 6.12. The third kappa shape index (κ3) is 4.73. The van der Waals surface area contributed by atoms with E-state index in [2.05, 4.69) is 11.9 Å². The SMILES string of the molecule is CCC(O)(CN)CCCN(C)c1ccc(OC)cc1. The Balaban J connectivity index is 2.44. The summed E-state index contributed by atoms with van der Waals surface area (Å²) in [6.45, 7) is 3.20. The van der Waals surface area contributed by atoms with Crippen LogP contribution in [0.15, 0.2) is 24.3 Å². The van der Waals surface area contributed by atoms with Crippen LogP contribution < -0.4 is 15.4 Å². The van der Waals surface area contributed by atoms with E-state index in [-0.39, 0.29) is 0 Å². The fourth-order valence-electron chi connectivity index (χ4n) is 2.03. The number of rotatable bonds is 8. The molecule has 0 radical (unpaired) electrons. The normalized spacial score (nSPS) is 13.9. The molecule has 0 aromatic heterocycles. The van der Waals surface area contributed by atoms with Crippen molar-refractivity contribution in [3.05, 3.63) is 24.3 Å². The molecule has 0 fully saturated rings. The van der Waals surface area contributed by atoms with E-state index >= 15 is 0 Å². The van der Waals surface area contributed by atoms with Gasteiger partial charge in [-0.3, -0.25) is 0 Å². The van der Waals surface area contributed by atoms with Gasteiger partial charge in [0.25, 0.3) is 0 Å². The number of nitrogens with two attached hydrogens (primary N) is 1. The molecule has 0 spiro atoms. The highest BCUT2D eigenvalue weighted by Crippen LogP contribution is 2.20. The van der Waals surface area contributed by atoms with Gasteiger partial charge in [0.1, 0.15) is 5.75 Å². The van der Waals surface area contributed by atoms with Gasteiger partial charge in [0.2, 0.25) is 0 Å². The molecule has 3 N–H and O–H groups in total. The lowest BCUT2D eigenvalue weighted by Crippen LogP contribution is -2.37. The summed E-state index contributed by atoms with van der Waals surface area (Å²) in [5, 5.41) is 10.1. The van der Waals surface area contributed by atoms with Gasteiger partial charge in [0, 0.05) is 25.8 Å². The minimum absolute atomic E-state index is 0.329. The van der Waals surface area contributed by atoms with Crippen molar-refractivity contribution < 1.29 is 9.84 Å². The van der Waals surface area contributed by atoms with Crippen molar-refractivity contribution in [3.8, 4) is 5.75 Å². The minimum atomic E-state index is -0.708. The second kappa shape index (κ2) is 7.36. The Labute approximate surface area is 116 Å². The van der Waals surface area contributed by atoms with Gasteiger partial charge in [-0.2, -0.15) is 0 Å². The maximum atomic E-state index is 10.1. The number of aliphatic hydroxyl groups is 1. The molecule has 1 atom stereocenters. The van der Waals surface area contributed by atoms with E-state index in [0.717, 1.165) is 30.8 Å². The average molecular weight is 266 g/mol. The van der Waals surface area contributed by atoms with E-state index in [0.29, 0.717) is 13.0 Å². The van der Waals surface area contributed by atoms with Crippen molar-refractivity contribution >= 4 is 5.69 Å². The van der Waals surface area contributed by atoms with Crippen LogP contribution in [0.3, 0.4) is 0 Å². The maximum absolute atomic E-state index is 10.1. The lowest BCUT2D eigenvalue weighted by atomic mass is 9.95. The van der Waals surface area contributed by atoms with Crippen LogP contribution in [0.2, 0.25) is 0 Å². The van der Waals surface area contributed by atoms with E-state index < -0.39 is 5.60 Å². The van der Waals surface area contributed by atoms with Gasteiger partial charge in [-0.05, 0) is 43.5 Å². The fourth-order valence-corrected chi connectivity index (χ4v) is 2.03. The monoisotopic (exact) mass is 266 g/mol. The smallest absolute Gasteiger partial charge is 0.119 e. The number of benzene rings is 1. The van der Waals surface area contributed by atoms with Gasteiger partial charge in [-0.1, -0.05) is 6.92 Å². The Morgan fingerprint density at radius 3 is 2.42 bits per heavy atom. The minimum Gasteiger partial charge on any atom is -0.497 e. The van der Waals surface area contributed by atoms with E-state index in [1.165, 1.54) is 0 Å². The largest absolute Gasteiger partial charge is 0.497 e. The first-order chi connectivity index (χ1) is 9.04. The molecule has 108 valence electrons. The standard InChI is InChI=1S/C15H26N2O2/c1-4-15(18,12-16)10-5-11-17(2)13-6-8-14(19-3)9-7-13/h6-9,18H,4-5,10-12,16H2,1-3H3. The highest BCUT2D eigenvalue weighted by atomic mass is 16.5. The molecule has 0 heterocycles. The molecule has 0 amide bonds. The van der Waals surface area contributed by atoms with Gasteiger partial charge in [0.15, 0.2) is 0 Å². The van der Waals surface area contributed by atoms with Gasteiger partial charge in [-0.15, -0.1) is 0 Å². The van der Waals surface area contributed by atoms with E-state index in [4.69, 9.17) is 10.5 Å². The van der Waals surface area contributed by atoms with Crippen molar-refractivity contribution in [1.29, 1.82) is 0 Å². The fraction of sp³-hybridized carbons (Fsp3) is 0.600. The summed E-state index contributed by atoms with van der Waals surface area (Å²) in [5.41, 5.74) is 6.04. The molecule has 1 aromatic rings. The molecule has 4 heteroatoms. The van der Waals surface area contributed by atoms with Crippen LogP contribution in [0.5, 0.6) is 5.75 Å². The summed E-state index contributed by atoms with van der Waals surface area (Å²) in [4.78, 5) is 2.17. The summed E-state index contributed by atoms with van der Waals surface area (Å²) in [5.74, 6) is 0.862. The van der Waals surface area contributed by atoms with E-state index in [9.17, 15) is 5.11 Å². The molecule has 1 unspecified atom stereocenters. The number of anilines is 1. The number of hydrogen-bond acceptors (Lipinski definition) is 4. The first kappa shape index (κ1) is 15.8. The molecular weight excluding hydrogens is 240 g/mol. The van der Waals surface area contributed by atoms with Crippen LogP contribution in [0, 0.1) is 0 Å². The molecule has 0 aliphatic rings. The number of ether oxygens (including phenoxy) is 1. The Morgan fingerprint density at radius 1 is 1.32 bits per heavy atom. The highest BCUT2D eigenvalue weighted by molar-refractivity contribution is 5.48. The van der Waals surface area contributed by atoms with Crippen molar-refractivity contribution in [1.82, 2.24) is 0 Å². The second-order valence-electron chi connectivity index (χ2n) is 5.01. The average Bonchev–Trinajstić information content (AvgIpc) is 2.47. The quantitative estimate of drug-likeness (QED) is 0.755. The predicted octanol–water partition coefficient (Wildman–Crippen LogP) is 2.01. The van der Waals surface area contributed by atoms with Crippen LogP contribution in [0.25, 0.3) is 0 Å². The Hall–Kier alpha value is -1.26. The summed E-state index contributed by atoms with van der Waals surface area (Å²) in [6, 6.07) is 7.98. The van der Waals surface area contributed by atoms with Crippen molar-refractivity contribution in [3.63, 3.8) is 0 Å². The third-order valence-corrected chi connectivity index (χ3v) is 3.69. The zero-order chi connectivity index (χ0) is 14.3. The van der Waals surface area contributed by atoms with Gasteiger partial charge >= 0.3 is 0 Å². The molecule has 4 nitrogen and oxygen atoms in total. The maximum Gasteiger partial charge on any atom is 0.119 e. The zero-order valence-corrected chi connectivity index (χ0v) is 12.2. The Morgan fingerprint density at radius 2 is 1.95 bits per heavy atom. The van der Waals surface area contributed by atoms with Crippen LogP contribution in [0.4, 0.5) is 5.69 Å². The highest BCUT2D eigenvalue weighted by Gasteiger charge is 2.21.